The molecule has 1 fully saturated rings. The number of β-lactam (4-membered cyclic amide) rings is 1. The van der Waals surface area contributed by atoms with Crippen LogP contribution in [0, 0.1) is 0 Å². The van der Waals surface area contributed by atoms with Crippen molar-refractivity contribution in [3.8, 4) is 0 Å². The number of methoxy groups -OCH3 is 1. The lowest BCUT2D eigenvalue weighted by molar-refractivity contribution is -0.150. The molecule has 166 valence electrons. The molecular weight excluding hydrogens is 474 g/mol. The number of anilines is 1. The summed E-state index contributed by atoms with van der Waals surface area (Å²) < 4.78 is 5.06. The van der Waals surface area contributed by atoms with E-state index in [4.69, 9.17) is 21.2 Å². The molecule has 15 heteroatoms. The molecule has 0 saturated carbocycles. The first-order valence-electron chi connectivity index (χ1n) is 8.51. The number of hydrogen-bond donors (Lipinski definition) is 3. The maximum Gasteiger partial charge on any atom is 0.356 e. The van der Waals surface area contributed by atoms with Crippen LogP contribution in [0.25, 0.3) is 0 Å². The third-order valence-electron chi connectivity index (χ3n) is 4.18. The van der Waals surface area contributed by atoms with E-state index in [1.807, 2.05) is 0 Å². The van der Waals surface area contributed by atoms with E-state index in [2.05, 4.69) is 20.8 Å². The zero-order valence-corrected chi connectivity index (χ0v) is 18.5. The number of fused-ring (bicyclic) bond motifs is 1. The summed E-state index contributed by atoms with van der Waals surface area (Å²) in [5, 5.41) is 19.2. The summed E-state index contributed by atoms with van der Waals surface area (Å²) in [6, 6.07) is -0.971. The number of carboxylic acid groups (broad SMARTS) is 1. The van der Waals surface area contributed by atoms with E-state index < -0.39 is 35.1 Å². The molecule has 1 aromatic rings. The van der Waals surface area contributed by atoms with Crippen molar-refractivity contribution >= 4 is 69.2 Å². The van der Waals surface area contributed by atoms with Gasteiger partial charge in [0.15, 0.2) is 16.5 Å². The van der Waals surface area contributed by atoms with Gasteiger partial charge < -0.3 is 25.3 Å². The van der Waals surface area contributed by atoms with Gasteiger partial charge in [-0.25, -0.2) is 9.78 Å². The van der Waals surface area contributed by atoms with Crippen LogP contribution >= 0.6 is 34.7 Å². The number of halogens is 1. The van der Waals surface area contributed by atoms with Crippen molar-refractivity contribution in [3.63, 3.8) is 0 Å². The highest BCUT2D eigenvalue weighted by atomic mass is 35.5. The molecule has 3 N–H and O–H groups in total. The summed E-state index contributed by atoms with van der Waals surface area (Å²) in [4.78, 5) is 58.2. The molecule has 2 aliphatic heterocycles. The summed E-state index contributed by atoms with van der Waals surface area (Å²) in [5.74, 6) is -2.97. The monoisotopic (exact) mass is 489 g/mol. The molecule has 1 aromatic heterocycles. The first-order chi connectivity index (χ1) is 14.8. The number of ether oxygens (including phenoxy) is 1. The topological polar surface area (TPSA) is 160 Å². The fourth-order valence-corrected chi connectivity index (χ4v) is 4.94. The molecule has 0 aromatic carbocycles. The van der Waals surface area contributed by atoms with E-state index in [9.17, 15) is 24.3 Å². The Balaban J connectivity index is 1.75. The fraction of sp³-hybridized carbons (Fsp3) is 0.375. The van der Waals surface area contributed by atoms with Crippen LogP contribution in [-0.4, -0.2) is 81.7 Å². The second-order valence-corrected chi connectivity index (χ2v) is 8.21. The molecule has 0 spiro atoms. The maximum atomic E-state index is 12.8. The number of thioether (sulfide) groups is 1. The van der Waals surface area contributed by atoms with Gasteiger partial charge in [-0.15, -0.1) is 34.7 Å². The van der Waals surface area contributed by atoms with Gasteiger partial charge in [-0.3, -0.25) is 19.3 Å². The van der Waals surface area contributed by atoms with Gasteiger partial charge in [0.1, 0.15) is 35.9 Å². The standard InChI is InChI=1S/C16H16ClN5O7S2/c1-28-7-5-30-14-10(13(25)22(14)11(7)15(26)27)20-12(24)9(21-29-2)6-4-31-16(18-6)19-8(23)3-17/h4,10,14H,3,5H2,1-2H3,(H,20,24)(H,26,27)(H,18,19,23)/t10?,14-/m0/s1. The molecule has 3 rings (SSSR count). The predicted octanol–water partition coefficient (Wildman–Crippen LogP) is 0.0134. The average molecular weight is 490 g/mol. The minimum absolute atomic E-state index is 0.113. The van der Waals surface area contributed by atoms with Gasteiger partial charge in [0.25, 0.3) is 11.8 Å². The molecule has 31 heavy (non-hydrogen) atoms. The van der Waals surface area contributed by atoms with Crippen LogP contribution in [0.15, 0.2) is 22.0 Å². The Morgan fingerprint density at radius 1 is 1.42 bits per heavy atom. The molecular formula is C16H16ClN5O7S2. The number of nitrogens with zero attached hydrogens (tertiary/aromatic N) is 3. The molecule has 1 saturated heterocycles. The summed E-state index contributed by atoms with van der Waals surface area (Å²) in [6.45, 7) is 0. The smallest absolute Gasteiger partial charge is 0.356 e. The molecule has 1 unspecified atom stereocenters. The van der Waals surface area contributed by atoms with E-state index in [-0.39, 0.29) is 39.6 Å². The molecule has 0 bridgehead atoms. The zero-order chi connectivity index (χ0) is 22.7. The maximum absolute atomic E-state index is 12.8. The van der Waals surface area contributed by atoms with Crippen LogP contribution in [-0.2, 0) is 28.8 Å². The summed E-state index contributed by atoms with van der Waals surface area (Å²) in [6.07, 6.45) is 0. The number of carboxylic acids is 1. The van der Waals surface area contributed by atoms with E-state index in [1.165, 1.54) is 31.4 Å². The summed E-state index contributed by atoms with van der Waals surface area (Å²) >= 11 is 7.74. The van der Waals surface area contributed by atoms with Crippen molar-refractivity contribution in [1.82, 2.24) is 15.2 Å². The van der Waals surface area contributed by atoms with Crippen molar-refractivity contribution in [2.45, 2.75) is 11.4 Å². The highest BCUT2D eigenvalue weighted by molar-refractivity contribution is 8.00. The van der Waals surface area contributed by atoms with Crippen LogP contribution < -0.4 is 10.6 Å². The Bertz CT molecular complexity index is 995. The molecule has 0 radical (unpaired) electrons. The number of amides is 3. The first-order valence-corrected chi connectivity index (χ1v) is 11.0. The molecule has 3 heterocycles. The third kappa shape index (κ3) is 4.45. The van der Waals surface area contributed by atoms with Crippen molar-refractivity contribution in [2.24, 2.45) is 5.16 Å². The molecule has 0 aliphatic carbocycles. The number of oxime groups is 1. The number of rotatable bonds is 8. The van der Waals surface area contributed by atoms with E-state index >= 15 is 0 Å². The summed E-state index contributed by atoms with van der Waals surface area (Å²) in [7, 11) is 2.56. The highest BCUT2D eigenvalue weighted by Crippen LogP contribution is 2.40. The second-order valence-electron chi connectivity index (χ2n) is 5.98. The number of aliphatic carboxylic acids is 1. The number of carbonyl (C=O) groups is 4. The predicted molar refractivity (Wildman–Crippen MR) is 112 cm³/mol. The molecule has 12 nitrogen and oxygen atoms in total. The van der Waals surface area contributed by atoms with Gasteiger partial charge in [-0.2, -0.15) is 0 Å². The van der Waals surface area contributed by atoms with Crippen molar-refractivity contribution in [2.75, 3.05) is 31.2 Å². The van der Waals surface area contributed by atoms with Crippen LogP contribution in [0.4, 0.5) is 5.13 Å². The molecule has 3 amide bonds. The SMILES string of the molecule is CON=C(C(=O)NC1C(=O)N2C(C(=O)O)=C(OC)CS[C@@H]12)c1csc(NC(=O)CCl)n1. The normalized spacial score (nSPS) is 20.5. The molecule has 2 aliphatic rings. The minimum atomic E-state index is -1.30. The van der Waals surface area contributed by atoms with E-state index in [0.717, 1.165) is 16.2 Å². The van der Waals surface area contributed by atoms with E-state index in [0.29, 0.717) is 0 Å². The lowest BCUT2D eigenvalue weighted by Gasteiger charge is -2.48. The number of hydrogen-bond acceptors (Lipinski definition) is 10. The second kappa shape index (κ2) is 9.53. The Morgan fingerprint density at radius 3 is 2.77 bits per heavy atom. The van der Waals surface area contributed by atoms with Crippen molar-refractivity contribution in [3.05, 3.63) is 22.5 Å². The van der Waals surface area contributed by atoms with Gasteiger partial charge in [-0.1, -0.05) is 5.16 Å². The zero-order valence-electron chi connectivity index (χ0n) is 16.1. The van der Waals surface area contributed by atoms with Crippen LogP contribution in [0.5, 0.6) is 0 Å². The highest BCUT2D eigenvalue weighted by Gasteiger charge is 2.55. The Kier molecular flexibility index (Phi) is 7.02. The Labute approximate surface area is 188 Å². The average Bonchev–Trinajstić information content (AvgIpc) is 3.21. The Morgan fingerprint density at radius 2 is 2.16 bits per heavy atom. The van der Waals surface area contributed by atoms with Gasteiger partial charge in [0, 0.05) is 5.38 Å². The number of carbonyl (C=O) groups excluding carboxylic acids is 3. The number of thiazole rings is 1. The fourth-order valence-electron chi connectivity index (χ4n) is 2.85. The van der Waals surface area contributed by atoms with Crippen LogP contribution in [0.1, 0.15) is 5.69 Å². The number of aromatic nitrogens is 1. The first kappa shape index (κ1) is 22.8. The largest absolute Gasteiger partial charge is 0.498 e. The van der Waals surface area contributed by atoms with Gasteiger partial charge >= 0.3 is 5.97 Å². The number of nitrogens with one attached hydrogen (secondary N) is 2. The number of alkyl halides is 1. The Hall–Kier alpha value is -2.84. The third-order valence-corrected chi connectivity index (χ3v) is 6.43. The minimum Gasteiger partial charge on any atom is -0.498 e. The van der Waals surface area contributed by atoms with Crippen LogP contribution in [0.2, 0.25) is 0 Å². The van der Waals surface area contributed by atoms with Gasteiger partial charge in [0.05, 0.1) is 12.9 Å². The van der Waals surface area contributed by atoms with Crippen LogP contribution in [0.3, 0.4) is 0 Å². The lowest BCUT2D eigenvalue weighted by atomic mass is 10.0. The van der Waals surface area contributed by atoms with Gasteiger partial charge in [0.2, 0.25) is 5.91 Å². The summed E-state index contributed by atoms with van der Waals surface area (Å²) in [5.41, 5.74) is -0.350. The van der Waals surface area contributed by atoms with Crippen molar-refractivity contribution < 1.29 is 33.9 Å². The van der Waals surface area contributed by atoms with E-state index in [1.54, 1.807) is 0 Å². The van der Waals surface area contributed by atoms with Gasteiger partial charge in [-0.05, 0) is 0 Å². The molecule has 2 atom stereocenters. The quantitative estimate of drug-likeness (QED) is 0.198. The van der Waals surface area contributed by atoms with Crippen molar-refractivity contribution in [1.29, 1.82) is 0 Å². The lowest BCUT2D eigenvalue weighted by Crippen LogP contribution is -2.71.